The van der Waals surface area contributed by atoms with Crippen molar-refractivity contribution in [1.82, 2.24) is 20.0 Å². The second-order valence-electron chi connectivity index (χ2n) is 8.46. The van der Waals surface area contributed by atoms with Crippen LogP contribution >= 0.6 is 0 Å². The van der Waals surface area contributed by atoms with Crippen molar-refractivity contribution in [1.29, 1.82) is 0 Å². The average Bonchev–Trinajstić information content (AvgIpc) is 3.40. The van der Waals surface area contributed by atoms with Crippen LogP contribution in [0, 0.1) is 11.6 Å². The predicted molar refractivity (Wildman–Crippen MR) is 129 cm³/mol. The van der Waals surface area contributed by atoms with E-state index in [0.717, 1.165) is 11.6 Å². The minimum Gasteiger partial charge on any atom is -0.479 e. The number of amides is 2. The molecule has 2 amide bonds. The molecule has 3 aromatic rings. The van der Waals surface area contributed by atoms with Gasteiger partial charge in [-0.2, -0.15) is 0 Å². The molecule has 8 nitrogen and oxygen atoms in total. The van der Waals surface area contributed by atoms with E-state index in [1.807, 2.05) is 30.3 Å². The van der Waals surface area contributed by atoms with Gasteiger partial charge in [-0.25, -0.2) is 18.3 Å². The van der Waals surface area contributed by atoms with Crippen LogP contribution in [-0.4, -0.2) is 67.2 Å². The zero-order valence-corrected chi connectivity index (χ0v) is 19.9. The first-order valence-electron chi connectivity index (χ1n) is 11.3. The highest BCUT2D eigenvalue weighted by atomic mass is 19.2. The molecular weight excluding hydrogens is 456 g/mol. The number of nitrogens with one attached hydrogen (secondary N) is 2. The molecule has 2 atom stereocenters. The molecule has 2 N–H and O–H groups in total. The third kappa shape index (κ3) is 5.44. The van der Waals surface area contributed by atoms with Gasteiger partial charge in [0.1, 0.15) is 5.82 Å². The van der Waals surface area contributed by atoms with E-state index in [2.05, 4.69) is 20.6 Å². The molecule has 0 radical (unpaired) electrons. The van der Waals surface area contributed by atoms with Crippen LogP contribution in [0.25, 0.3) is 11.1 Å². The number of hydrogen-bond acceptors (Lipinski definition) is 5. The van der Waals surface area contributed by atoms with Gasteiger partial charge in [0.25, 0.3) is 0 Å². The lowest BCUT2D eigenvalue weighted by atomic mass is 9.94. The third-order valence-corrected chi connectivity index (χ3v) is 6.20. The largest absolute Gasteiger partial charge is 0.479 e. The van der Waals surface area contributed by atoms with Crippen LogP contribution in [-0.2, 0) is 11.8 Å². The lowest BCUT2D eigenvalue weighted by Gasteiger charge is -2.21. The monoisotopic (exact) mass is 485 g/mol. The first-order valence-corrected chi connectivity index (χ1v) is 11.3. The van der Waals surface area contributed by atoms with Crippen molar-refractivity contribution < 1.29 is 23.0 Å². The normalized spacial score (nSPS) is 18.0. The predicted octanol–water partition coefficient (Wildman–Crippen LogP) is 3.61. The molecule has 1 fully saturated rings. The number of likely N-dealkylation sites (tertiary alicyclic amines) is 1. The van der Waals surface area contributed by atoms with Crippen molar-refractivity contribution >= 4 is 11.8 Å². The minimum absolute atomic E-state index is 0.220. The van der Waals surface area contributed by atoms with Gasteiger partial charge < -0.3 is 14.8 Å². The maximum Gasteiger partial charge on any atom is 0.320 e. The summed E-state index contributed by atoms with van der Waals surface area (Å²) >= 11 is 0. The number of benzene rings is 2. The lowest BCUT2D eigenvalue weighted by Crippen LogP contribution is -2.42. The SMILES string of the molecule is COCCN1C[C@@H](NC(=O)Nc2c(-c3ccccc3)c(OC)nn2C)[C@H](c2ccc(F)c(F)c2)C1. The molecule has 0 bridgehead atoms. The second kappa shape index (κ2) is 10.8. The van der Waals surface area contributed by atoms with Gasteiger partial charge in [-0.05, 0) is 23.3 Å². The maximum absolute atomic E-state index is 14.0. The van der Waals surface area contributed by atoms with Crippen molar-refractivity contribution in [2.75, 3.05) is 45.8 Å². The van der Waals surface area contributed by atoms with Crippen molar-refractivity contribution in [2.24, 2.45) is 7.05 Å². The molecule has 0 unspecified atom stereocenters. The Labute approximate surface area is 202 Å². The molecule has 4 rings (SSSR count). The molecule has 0 aliphatic carbocycles. The number of methoxy groups -OCH3 is 2. The van der Waals surface area contributed by atoms with E-state index in [1.165, 1.54) is 13.2 Å². The molecule has 1 aliphatic rings. The van der Waals surface area contributed by atoms with Crippen LogP contribution in [0.2, 0.25) is 0 Å². The fourth-order valence-corrected chi connectivity index (χ4v) is 4.48. The Morgan fingerprint density at radius 3 is 2.57 bits per heavy atom. The molecule has 35 heavy (non-hydrogen) atoms. The number of rotatable bonds is 8. The van der Waals surface area contributed by atoms with Crippen LogP contribution in [0.1, 0.15) is 11.5 Å². The van der Waals surface area contributed by atoms with Crippen LogP contribution in [0.5, 0.6) is 5.88 Å². The quantitative estimate of drug-likeness (QED) is 0.510. The zero-order valence-electron chi connectivity index (χ0n) is 19.9. The number of hydrogen-bond donors (Lipinski definition) is 2. The Kier molecular flexibility index (Phi) is 7.62. The van der Waals surface area contributed by atoms with Gasteiger partial charge in [-0.1, -0.05) is 36.4 Å². The molecule has 0 saturated carbocycles. The summed E-state index contributed by atoms with van der Waals surface area (Å²) in [7, 11) is 4.87. The Bertz CT molecular complexity index is 1170. The van der Waals surface area contributed by atoms with Crippen LogP contribution in [0.4, 0.5) is 19.4 Å². The number of aromatic nitrogens is 2. The van der Waals surface area contributed by atoms with Gasteiger partial charge in [0.05, 0.1) is 25.3 Å². The van der Waals surface area contributed by atoms with E-state index in [1.54, 1.807) is 24.9 Å². The van der Waals surface area contributed by atoms with Crippen LogP contribution in [0.15, 0.2) is 48.5 Å². The Hall–Kier alpha value is -3.50. The molecule has 186 valence electrons. The number of ether oxygens (including phenoxy) is 2. The van der Waals surface area contributed by atoms with E-state index in [-0.39, 0.29) is 12.0 Å². The summed E-state index contributed by atoms with van der Waals surface area (Å²) in [5, 5.41) is 10.3. The minimum atomic E-state index is -0.907. The summed E-state index contributed by atoms with van der Waals surface area (Å²) in [4.78, 5) is 15.3. The summed E-state index contributed by atoms with van der Waals surface area (Å²) < 4.78 is 39.7. The maximum atomic E-state index is 14.0. The van der Waals surface area contributed by atoms with Crippen LogP contribution < -0.4 is 15.4 Å². The molecule has 1 saturated heterocycles. The molecule has 1 aromatic heterocycles. The topological polar surface area (TPSA) is 80.7 Å². The van der Waals surface area contributed by atoms with E-state index in [9.17, 15) is 13.6 Å². The number of urea groups is 1. The number of carbonyl (C=O) groups is 1. The van der Waals surface area contributed by atoms with E-state index in [4.69, 9.17) is 9.47 Å². The fraction of sp³-hybridized carbons (Fsp3) is 0.360. The Morgan fingerprint density at radius 2 is 1.89 bits per heavy atom. The highest BCUT2D eigenvalue weighted by molar-refractivity contribution is 5.94. The van der Waals surface area contributed by atoms with Crippen molar-refractivity contribution in [2.45, 2.75) is 12.0 Å². The summed E-state index contributed by atoms with van der Waals surface area (Å²) in [6, 6.07) is 12.6. The van der Waals surface area contributed by atoms with Crippen LogP contribution in [0.3, 0.4) is 0 Å². The van der Waals surface area contributed by atoms with E-state index in [0.29, 0.717) is 49.1 Å². The summed E-state index contributed by atoms with van der Waals surface area (Å²) in [6.45, 7) is 2.31. The number of anilines is 1. The van der Waals surface area contributed by atoms with Crippen molar-refractivity contribution in [3.05, 3.63) is 65.7 Å². The van der Waals surface area contributed by atoms with Gasteiger partial charge in [0.15, 0.2) is 11.6 Å². The summed E-state index contributed by atoms with van der Waals surface area (Å²) in [5.74, 6) is -1.16. The number of halogens is 2. The van der Waals surface area contributed by atoms with Gasteiger partial charge in [0, 0.05) is 39.7 Å². The smallest absolute Gasteiger partial charge is 0.320 e. The highest BCUT2D eigenvalue weighted by Crippen LogP contribution is 2.36. The van der Waals surface area contributed by atoms with Gasteiger partial charge >= 0.3 is 6.03 Å². The third-order valence-electron chi connectivity index (χ3n) is 6.20. The van der Waals surface area contributed by atoms with Gasteiger partial charge in [-0.15, -0.1) is 5.10 Å². The van der Waals surface area contributed by atoms with Gasteiger partial charge in [0.2, 0.25) is 5.88 Å². The summed E-state index contributed by atoms with van der Waals surface area (Å²) in [5.41, 5.74) is 2.14. The van der Waals surface area contributed by atoms with Gasteiger partial charge in [-0.3, -0.25) is 10.2 Å². The Balaban J connectivity index is 1.56. The zero-order chi connectivity index (χ0) is 24.9. The van der Waals surface area contributed by atoms with E-state index >= 15 is 0 Å². The summed E-state index contributed by atoms with van der Waals surface area (Å²) in [6.07, 6.45) is 0. The Morgan fingerprint density at radius 1 is 1.11 bits per heavy atom. The fourth-order valence-electron chi connectivity index (χ4n) is 4.48. The number of aryl methyl sites for hydroxylation is 1. The molecular formula is C25H29F2N5O3. The number of carbonyl (C=O) groups excluding carboxylic acids is 1. The average molecular weight is 486 g/mol. The first-order chi connectivity index (χ1) is 16.9. The molecule has 1 aliphatic heterocycles. The highest BCUT2D eigenvalue weighted by Gasteiger charge is 2.35. The lowest BCUT2D eigenvalue weighted by molar-refractivity contribution is 0.159. The van der Waals surface area contributed by atoms with Crippen molar-refractivity contribution in [3.8, 4) is 17.0 Å². The molecule has 10 heteroatoms. The molecule has 2 heterocycles. The number of nitrogens with zero attached hydrogens (tertiary/aromatic N) is 3. The molecule has 2 aromatic carbocycles. The molecule has 0 spiro atoms. The second-order valence-corrected chi connectivity index (χ2v) is 8.46. The van der Waals surface area contributed by atoms with Crippen molar-refractivity contribution in [3.63, 3.8) is 0 Å². The van der Waals surface area contributed by atoms with E-state index < -0.39 is 17.7 Å². The standard InChI is InChI=1S/C25H29F2N5O3/c1-31-23(22(24(30-31)35-3)16-7-5-4-6-8-16)29-25(33)28-21-15-32(11-12-34-2)14-18(21)17-9-10-19(26)20(27)13-17/h4-10,13,18,21H,11-12,14-15H2,1-3H3,(H2,28,29,33)/t18-,21+/m0/s1. The first kappa shape index (κ1) is 24.6.